The van der Waals surface area contributed by atoms with E-state index in [-0.39, 0.29) is 0 Å². The number of rotatable bonds is 2. The summed E-state index contributed by atoms with van der Waals surface area (Å²) in [5.41, 5.74) is 4.36. The third kappa shape index (κ3) is 2.32. The van der Waals surface area contributed by atoms with Gasteiger partial charge in [0.25, 0.3) is 0 Å². The molecule has 1 unspecified atom stereocenters. The van der Waals surface area contributed by atoms with E-state index in [1.165, 1.54) is 49.0 Å². The zero-order chi connectivity index (χ0) is 11.7. The van der Waals surface area contributed by atoms with Crippen molar-refractivity contribution in [1.82, 2.24) is 4.90 Å². The minimum Gasteiger partial charge on any atom is -0.385 e. The fourth-order valence-electron chi connectivity index (χ4n) is 3.09. The van der Waals surface area contributed by atoms with E-state index in [1.54, 1.807) is 0 Å². The van der Waals surface area contributed by atoms with Crippen molar-refractivity contribution in [1.29, 1.82) is 0 Å². The maximum Gasteiger partial charge on any atom is 0.0372 e. The molecule has 0 saturated carbocycles. The van der Waals surface area contributed by atoms with Crippen LogP contribution in [0.25, 0.3) is 0 Å². The number of fused-ring (bicyclic) bond motifs is 1. The lowest BCUT2D eigenvalue weighted by Gasteiger charge is -2.23. The van der Waals surface area contributed by atoms with Gasteiger partial charge in [0.15, 0.2) is 0 Å². The predicted molar refractivity (Wildman–Crippen MR) is 72.4 cm³/mol. The second-order valence-electron chi connectivity index (χ2n) is 5.48. The molecule has 1 atom stereocenters. The average Bonchev–Trinajstić information content (AvgIpc) is 2.75. The smallest absolute Gasteiger partial charge is 0.0372 e. The number of hydrogen-bond donors (Lipinski definition) is 1. The lowest BCUT2D eigenvalue weighted by Crippen LogP contribution is -2.26. The molecule has 0 aromatic heterocycles. The molecule has 92 valence electrons. The molecule has 2 nitrogen and oxygen atoms in total. The quantitative estimate of drug-likeness (QED) is 0.840. The van der Waals surface area contributed by atoms with Crippen molar-refractivity contribution in [3.8, 4) is 0 Å². The van der Waals surface area contributed by atoms with E-state index >= 15 is 0 Å². The van der Waals surface area contributed by atoms with Crippen LogP contribution in [0.5, 0.6) is 0 Å². The Balaban J connectivity index is 1.75. The van der Waals surface area contributed by atoms with Gasteiger partial charge in [0.1, 0.15) is 0 Å². The van der Waals surface area contributed by atoms with Gasteiger partial charge >= 0.3 is 0 Å². The van der Waals surface area contributed by atoms with Gasteiger partial charge in [-0.25, -0.2) is 0 Å². The van der Waals surface area contributed by atoms with Crippen molar-refractivity contribution >= 4 is 5.69 Å². The molecular formula is C15H22N2. The maximum absolute atomic E-state index is 3.48. The molecule has 3 rings (SSSR count). The molecule has 0 amide bonds. The van der Waals surface area contributed by atoms with E-state index in [0.717, 1.165) is 19.1 Å². The molecular weight excluding hydrogens is 208 g/mol. The summed E-state index contributed by atoms with van der Waals surface area (Å²) in [4.78, 5) is 2.61. The monoisotopic (exact) mass is 230 g/mol. The van der Waals surface area contributed by atoms with Gasteiger partial charge in [-0.15, -0.1) is 0 Å². The minimum absolute atomic E-state index is 0.768. The summed E-state index contributed by atoms with van der Waals surface area (Å²) in [6, 6.07) is 7.74. The highest BCUT2D eigenvalue weighted by molar-refractivity contribution is 5.54. The second kappa shape index (κ2) is 4.69. The van der Waals surface area contributed by atoms with E-state index in [2.05, 4.69) is 35.3 Å². The molecule has 1 fully saturated rings. The molecule has 1 N–H and O–H groups in total. The molecule has 1 aromatic carbocycles. The van der Waals surface area contributed by atoms with Crippen LogP contribution in [0.4, 0.5) is 5.69 Å². The lowest BCUT2D eigenvalue weighted by atomic mass is 10.0. The highest BCUT2D eigenvalue weighted by Gasteiger charge is 2.20. The van der Waals surface area contributed by atoms with Crippen molar-refractivity contribution in [3.05, 3.63) is 29.3 Å². The van der Waals surface area contributed by atoms with E-state index in [0.29, 0.717) is 0 Å². The van der Waals surface area contributed by atoms with Crippen LogP contribution in [0, 0.1) is 0 Å². The Morgan fingerprint density at radius 1 is 1.35 bits per heavy atom. The first kappa shape index (κ1) is 11.1. The van der Waals surface area contributed by atoms with E-state index in [9.17, 15) is 0 Å². The normalized spacial score (nSPS) is 24.4. The first-order chi connectivity index (χ1) is 8.33. The first-order valence-corrected chi connectivity index (χ1v) is 6.92. The van der Waals surface area contributed by atoms with Gasteiger partial charge in [-0.3, -0.25) is 4.90 Å². The molecule has 2 aliphatic rings. The van der Waals surface area contributed by atoms with E-state index in [4.69, 9.17) is 0 Å². The van der Waals surface area contributed by atoms with Crippen LogP contribution in [0.3, 0.4) is 0 Å². The van der Waals surface area contributed by atoms with Crippen LogP contribution < -0.4 is 5.32 Å². The summed E-state index contributed by atoms with van der Waals surface area (Å²) in [5, 5.41) is 3.48. The predicted octanol–water partition coefficient (Wildman–Crippen LogP) is 3.03. The van der Waals surface area contributed by atoms with Crippen LogP contribution in [-0.2, 0) is 13.0 Å². The van der Waals surface area contributed by atoms with Gasteiger partial charge in [-0.1, -0.05) is 12.1 Å². The molecule has 17 heavy (non-hydrogen) atoms. The van der Waals surface area contributed by atoms with Gasteiger partial charge < -0.3 is 5.32 Å². The van der Waals surface area contributed by atoms with Crippen LogP contribution in [0.2, 0.25) is 0 Å². The maximum atomic E-state index is 3.48. The topological polar surface area (TPSA) is 15.3 Å². The van der Waals surface area contributed by atoms with Crippen molar-refractivity contribution in [2.24, 2.45) is 0 Å². The molecule has 1 aromatic rings. The fraction of sp³-hybridized carbons (Fsp3) is 0.600. The summed E-state index contributed by atoms with van der Waals surface area (Å²) < 4.78 is 0. The summed E-state index contributed by atoms with van der Waals surface area (Å²) >= 11 is 0. The number of nitrogens with one attached hydrogen (secondary N) is 1. The van der Waals surface area contributed by atoms with Crippen LogP contribution in [0.15, 0.2) is 18.2 Å². The number of benzene rings is 1. The molecule has 0 aliphatic carbocycles. The fourth-order valence-corrected chi connectivity index (χ4v) is 3.09. The largest absolute Gasteiger partial charge is 0.385 e. The summed E-state index contributed by atoms with van der Waals surface area (Å²) in [6.07, 6.45) is 5.25. The Kier molecular flexibility index (Phi) is 3.06. The highest BCUT2D eigenvalue weighted by Crippen LogP contribution is 2.25. The third-order valence-electron chi connectivity index (χ3n) is 4.18. The Labute approximate surface area is 104 Å². The zero-order valence-electron chi connectivity index (χ0n) is 10.7. The molecule has 2 heterocycles. The summed E-state index contributed by atoms with van der Waals surface area (Å²) in [7, 11) is 0. The van der Waals surface area contributed by atoms with Crippen molar-refractivity contribution < 1.29 is 0 Å². The zero-order valence-corrected chi connectivity index (χ0v) is 10.7. The van der Waals surface area contributed by atoms with Crippen LogP contribution in [0.1, 0.15) is 37.3 Å². The number of hydrogen-bond acceptors (Lipinski definition) is 2. The van der Waals surface area contributed by atoms with Gasteiger partial charge in [0, 0.05) is 24.8 Å². The number of aryl methyl sites for hydroxylation is 1. The van der Waals surface area contributed by atoms with Gasteiger partial charge in [0.2, 0.25) is 0 Å². The Bertz CT molecular complexity index is 400. The van der Waals surface area contributed by atoms with Gasteiger partial charge in [-0.2, -0.15) is 0 Å². The molecule has 0 spiro atoms. The van der Waals surface area contributed by atoms with Crippen LogP contribution in [-0.4, -0.2) is 24.0 Å². The van der Waals surface area contributed by atoms with Crippen molar-refractivity contribution in [3.63, 3.8) is 0 Å². The number of anilines is 1. The summed E-state index contributed by atoms with van der Waals surface area (Å²) in [6.45, 7) is 5.90. The Morgan fingerprint density at radius 2 is 2.29 bits per heavy atom. The van der Waals surface area contributed by atoms with E-state index < -0.39 is 0 Å². The lowest BCUT2D eigenvalue weighted by molar-refractivity contribution is 0.260. The highest BCUT2D eigenvalue weighted by atomic mass is 15.2. The van der Waals surface area contributed by atoms with Crippen molar-refractivity contribution in [2.45, 2.75) is 45.2 Å². The molecule has 0 radical (unpaired) electrons. The standard InChI is InChI=1S/C15H22N2/c1-12-4-3-9-17(12)11-13-6-7-15-14(10-13)5-2-8-16-15/h6-7,10,12,16H,2-5,8-9,11H2,1H3. The number of likely N-dealkylation sites (tertiary alicyclic amines) is 1. The van der Waals surface area contributed by atoms with Gasteiger partial charge in [0.05, 0.1) is 0 Å². The molecule has 2 heteroatoms. The van der Waals surface area contributed by atoms with E-state index in [1.807, 2.05) is 0 Å². The molecule has 2 aliphatic heterocycles. The SMILES string of the molecule is CC1CCCN1Cc1ccc2c(c1)CCCN2. The minimum atomic E-state index is 0.768. The van der Waals surface area contributed by atoms with Crippen LogP contribution >= 0.6 is 0 Å². The Hall–Kier alpha value is -1.02. The third-order valence-corrected chi connectivity index (χ3v) is 4.18. The Morgan fingerprint density at radius 3 is 3.12 bits per heavy atom. The van der Waals surface area contributed by atoms with Crippen molar-refractivity contribution in [2.75, 3.05) is 18.4 Å². The molecule has 0 bridgehead atoms. The number of nitrogens with zero attached hydrogens (tertiary/aromatic N) is 1. The van der Waals surface area contributed by atoms with Gasteiger partial charge in [-0.05, 0) is 56.3 Å². The first-order valence-electron chi connectivity index (χ1n) is 6.92. The second-order valence-corrected chi connectivity index (χ2v) is 5.48. The average molecular weight is 230 g/mol. The molecule has 1 saturated heterocycles. The summed E-state index contributed by atoms with van der Waals surface area (Å²) in [5.74, 6) is 0.